The molecule has 0 spiro atoms. The molecule has 0 amide bonds. The maximum absolute atomic E-state index is 14.6. The van der Waals surface area contributed by atoms with Crippen LogP contribution < -0.4 is 10.5 Å². The van der Waals surface area contributed by atoms with Crippen molar-refractivity contribution in [1.82, 2.24) is 29.4 Å². The number of anilines is 1. The number of piperidine rings is 1. The lowest BCUT2D eigenvalue weighted by Gasteiger charge is -2.32. The summed E-state index contributed by atoms with van der Waals surface area (Å²) in [4.78, 5) is 19.8. The molecule has 0 radical (unpaired) electrons. The Hall–Kier alpha value is -4.37. The normalized spacial score (nSPS) is 14.7. The standard InChI is InChI=1S/C28H26FN7O/c29-23-3-1-12-32-26(23)28-34-24-4-2-13-33-27(24)36(28)20-5-7-21(8-6-20)37-22-10-15-35(16-11-22)18-19-9-14-31-25(30)17-19/h1-9,12-14,17,22H,10-11,15-16,18H2,(H2,30,31). The summed E-state index contributed by atoms with van der Waals surface area (Å²) in [6, 6.07) is 18.3. The Morgan fingerprint density at radius 2 is 1.70 bits per heavy atom. The molecule has 5 heterocycles. The molecule has 186 valence electrons. The number of rotatable bonds is 6. The maximum atomic E-state index is 14.6. The molecule has 37 heavy (non-hydrogen) atoms. The number of ether oxygens (including phenoxy) is 1. The Bertz CT molecular complexity index is 1530. The van der Waals surface area contributed by atoms with Crippen LogP contribution in [-0.2, 0) is 6.54 Å². The highest BCUT2D eigenvalue weighted by Crippen LogP contribution is 2.29. The number of imidazole rings is 1. The fraction of sp³-hybridized carbons (Fsp3) is 0.214. The molecule has 1 aromatic carbocycles. The van der Waals surface area contributed by atoms with E-state index in [0.29, 0.717) is 22.8 Å². The van der Waals surface area contributed by atoms with Crippen molar-refractivity contribution in [3.05, 3.63) is 90.6 Å². The minimum atomic E-state index is -0.433. The molecule has 0 saturated carbocycles. The first-order chi connectivity index (χ1) is 18.1. The van der Waals surface area contributed by atoms with E-state index in [1.165, 1.54) is 11.6 Å². The van der Waals surface area contributed by atoms with Crippen LogP contribution in [-0.4, -0.2) is 48.6 Å². The summed E-state index contributed by atoms with van der Waals surface area (Å²) in [6.45, 7) is 2.77. The van der Waals surface area contributed by atoms with E-state index in [-0.39, 0.29) is 11.8 Å². The number of nitrogens with two attached hydrogens (primary N) is 1. The summed E-state index contributed by atoms with van der Waals surface area (Å²) >= 11 is 0. The number of aromatic nitrogens is 5. The predicted octanol–water partition coefficient (Wildman–Crippen LogP) is 4.64. The average molecular weight is 496 g/mol. The highest BCUT2D eigenvalue weighted by Gasteiger charge is 2.22. The lowest BCUT2D eigenvalue weighted by molar-refractivity contribution is 0.0968. The van der Waals surface area contributed by atoms with E-state index in [0.717, 1.165) is 43.9 Å². The first kappa shape index (κ1) is 23.1. The third kappa shape index (κ3) is 4.85. The van der Waals surface area contributed by atoms with Gasteiger partial charge < -0.3 is 10.5 Å². The summed E-state index contributed by atoms with van der Waals surface area (Å²) in [5.74, 6) is 1.32. The minimum absolute atomic E-state index is 0.151. The molecule has 1 aliphatic heterocycles. The topological polar surface area (TPSA) is 95.0 Å². The van der Waals surface area contributed by atoms with Crippen molar-refractivity contribution in [3.63, 3.8) is 0 Å². The molecule has 2 N–H and O–H groups in total. The van der Waals surface area contributed by atoms with Crippen molar-refractivity contribution in [2.24, 2.45) is 0 Å². The Labute approximate surface area is 213 Å². The predicted molar refractivity (Wildman–Crippen MR) is 140 cm³/mol. The van der Waals surface area contributed by atoms with Crippen LogP contribution in [0.15, 0.2) is 79.3 Å². The second-order valence-corrected chi connectivity index (χ2v) is 9.13. The van der Waals surface area contributed by atoms with Gasteiger partial charge in [-0.05, 0) is 79.1 Å². The third-order valence-electron chi connectivity index (χ3n) is 6.57. The van der Waals surface area contributed by atoms with Gasteiger partial charge >= 0.3 is 0 Å². The average Bonchev–Trinajstić information content (AvgIpc) is 3.30. The fourth-order valence-electron chi connectivity index (χ4n) is 4.77. The van der Waals surface area contributed by atoms with Crippen LogP contribution in [0, 0.1) is 5.82 Å². The summed E-state index contributed by atoms with van der Waals surface area (Å²) < 4.78 is 22.7. The number of pyridine rings is 3. The Balaban J connectivity index is 1.17. The van der Waals surface area contributed by atoms with Crippen LogP contribution in [0.3, 0.4) is 0 Å². The summed E-state index contributed by atoms with van der Waals surface area (Å²) in [5, 5.41) is 0. The van der Waals surface area contributed by atoms with E-state index < -0.39 is 5.82 Å². The lowest BCUT2D eigenvalue weighted by Crippen LogP contribution is -2.37. The molecule has 1 saturated heterocycles. The summed E-state index contributed by atoms with van der Waals surface area (Å²) in [7, 11) is 0. The zero-order chi connectivity index (χ0) is 25.2. The van der Waals surface area contributed by atoms with Crippen LogP contribution in [0.1, 0.15) is 18.4 Å². The van der Waals surface area contributed by atoms with Crippen LogP contribution >= 0.6 is 0 Å². The first-order valence-electron chi connectivity index (χ1n) is 12.3. The SMILES string of the molecule is Nc1cc(CN2CCC(Oc3ccc(-n4c(-c5ncccc5F)nc5cccnc54)cc3)CC2)ccn1. The van der Waals surface area contributed by atoms with Crippen LogP contribution in [0.25, 0.3) is 28.4 Å². The summed E-state index contributed by atoms with van der Waals surface area (Å²) in [6.07, 6.45) is 7.06. The van der Waals surface area contributed by atoms with Crippen LogP contribution in [0.2, 0.25) is 0 Å². The highest BCUT2D eigenvalue weighted by atomic mass is 19.1. The molecule has 5 aromatic rings. The first-order valence-corrected chi connectivity index (χ1v) is 12.3. The van der Waals surface area contributed by atoms with Gasteiger partial charge in [-0.25, -0.2) is 24.3 Å². The van der Waals surface area contributed by atoms with Gasteiger partial charge in [0.2, 0.25) is 0 Å². The van der Waals surface area contributed by atoms with Gasteiger partial charge in [-0.15, -0.1) is 0 Å². The molecule has 1 fully saturated rings. The van der Waals surface area contributed by atoms with E-state index in [1.54, 1.807) is 24.7 Å². The van der Waals surface area contributed by atoms with Crippen molar-refractivity contribution in [1.29, 1.82) is 0 Å². The zero-order valence-corrected chi connectivity index (χ0v) is 20.2. The van der Waals surface area contributed by atoms with Crippen molar-refractivity contribution in [2.45, 2.75) is 25.5 Å². The Morgan fingerprint density at radius 3 is 2.49 bits per heavy atom. The number of nitrogen functional groups attached to an aromatic ring is 1. The fourth-order valence-corrected chi connectivity index (χ4v) is 4.77. The van der Waals surface area contributed by atoms with Crippen molar-refractivity contribution in [3.8, 4) is 23.0 Å². The Morgan fingerprint density at radius 1 is 0.919 bits per heavy atom. The van der Waals surface area contributed by atoms with Gasteiger partial charge in [0, 0.05) is 43.9 Å². The van der Waals surface area contributed by atoms with Gasteiger partial charge in [0.1, 0.15) is 28.9 Å². The van der Waals surface area contributed by atoms with Gasteiger partial charge in [-0.2, -0.15) is 0 Å². The molecule has 1 aliphatic rings. The van der Waals surface area contributed by atoms with Crippen molar-refractivity contribution >= 4 is 17.0 Å². The lowest BCUT2D eigenvalue weighted by atomic mass is 10.1. The molecule has 0 atom stereocenters. The number of halogens is 1. The molecule has 0 bridgehead atoms. The van der Waals surface area contributed by atoms with Gasteiger partial charge in [-0.3, -0.25) is 9.47 Å². The van der Waals surface area contributed by atoms with E-state index in [1.807, 2.05) is 53.1 Å². The number of hydrogen-bond acceptors (Lipinski definition) is 7. The maximum Gasteiger partial charge on any atom is 0.168 e. The minimum Gasteiger partial charge on any atom is -0.490 e. The van der Waals surface area contributed by atoms with Crippen LogP contribution in [0.4, 0.5) is 10.2 Å². The van der Waals surface area contributed by atoms with Crippen molar-refractivity contribution < 1.29 is 9.13 Å². The molecule has 6 rings (SSSR count). The quantitative estimate of drug-likeness (QED) is 0.367. The zero-order valence-electron chi connectivity index (χ0n) is 20.2. The molecule has 0 aliphatic carbocycles. The number of fused-ring (bicyclic) bond motifs is 1. The molecular formula is C28H26FN7O. The monoisotopic (exact) mass is 495 g/mol. The highest BCUT2D eigenvalue weighted by molar-refractivity contribution is 5.79. The van der Waals surface area contributed by atoms with Gasteiger partial charge in [0.25, 0.3) is 0 Å². The largest absolute Gasteiger partial charge is 0.490 e. The Kier molecular flexibility index (Phi) is 6.20. The van der Waals surface area contributed by atoms with E-state index in [2.05, 4.69) is 24.8 Å². The van der Waals surface area contributed by atoms with Gasteiger partial charge in [-0.1, -0.05) is 0 Å². The molecule has 9 heteroatoms. The van der Waals surface area contributed by atoms with Gasteiger partial charge in [0.05, 0.1) is 0 Å². The second-order valence-electron chi connectivity index (χ2n) is 9.13. The molecule has 4 aromatic heterocycles. The number of nitrogens with zero attached hydrogens (tertiary/aromatic N) is 6. The van der Waals surface area contributed by atoms with E-state index in [4.69, 9.17) is 10.5 Å². The number of benzene rings is 1. The summed E-state index contributed by atoms with van der Waals surface area (Å²) in [5.41, 5.74) is 9.28. The molecular weight excluding hydrogens is 469 g/mol. The van der Waals surface area contributed by atoms with E-state index in [9.17, 15) is 4.39 Å². The third-order valence-corrected chi connectivity index (χ3v) is 6.57. The molecule has 0 unspecified atom stereocenters. The number of hydrogen-bond donors (Lipinski definition) is 1. The smallest absolute Gasteiger partial charge is 0.168 e. The van der Waals surface area contributed by atoms with Gasteiger partial charge in [0.15, 0.2) is 17.3 Å². The number of likely N-dealkylation sites (tertiary alicyclic amines) is 1. The second kappa shape index (κ2) is 9.94. The van der Waals surface area contributed by atoms with Crippen molar-refractivity contribution in [2.75, 3.05) is 18.8 Å². The van der Waals surface area contributed by atoms with Crippen LogP contribution in [0.5, 0.6) is 5.75 Å². The van der Waals surface area contributed by atoms with E-state index >= 15 is 0 Å². The molecule has 8 nitrogen and oxygen atoms in total.